The number of unbranched alkanes of at least 4 members (excludes halogenated alkanes) is 14. The van der Waals surface area contributed by atoms with Crippen LogP contribution in [0.15, 0.2) is 46.2 Å². The average molecular weight is 668 g/mol. The van der Waals surface area contributed by atoms with Gasteiger partial charge in [-0.3, -0.25) is 0 Å². The number of ether oxygens (including phenoxy) is 3. The second-order valence-corrected chi connectivity index (χ2v) is 14.7. The molecule has 9 heteroatoms. The Morgan fingerprint density at radius 2 is 1.38 bits per heavy atom. The summed E-state index contributed by atoms with van der Waals surface area (Å²) in [6, 6.07) is 5.78. The highest BCUT2D eigenvalue weighted by Gasteiger charge is 2.25. The molecule has 2 heterocycles. The van der Waals surface area contributed by atoms with Crippen LogP contribution in [-0.4, -0.2) is 52.1 Å². The van der Waals surface area contributed by atoms with Crippen molar-refractivity contribution in [3.8, 4) is 0 Å². The van der Waals surface area contributed by atoms with E-state index in [-0.39, 0.29) is 11.0 Å². The molecule has 1 fully saturated rings. The molecule has 7 nitrogen and oxygen atoms in total. The van der Waals surface area contributed by atoms with E-state index in [1.807, 2.05) is 6.92 Å². The molecule has 1 aliphatic rings. The molecule has 1 aromatic heterocycles. The van der Waals surface area contributed by atoms with E-state index in [0.717, 1.165) is 58.0 Å². The third-order valence-electron chi connectivity index (χ3n) is 8.26. The summed E-state index contributed by atoms with van der Waals surface area (Å²) in [6.07, 6.45) is 25.2. The number of aryl methyl sites for hydroxylation is 2. The summed E-state index contributed by atoms with van der Waals surface area (Å²) < 4.78 is 51.2. The standard InChI is InChI=1S/C29H54NO3S.C7H8O3S/c1-2-3-4-5-6-7-8-9-10-11-13-16-20-31-24-28-23-29(33-25-28)26-32-21-17-14-12-15-18-30-19-22-34-27-30;1-6-2-4-7(5-3-6)11(8,9)10/h19,22,27-29H,2-18,20-21,23-26H2,1H3;2-5H,1H3,(H,8,9,10)/q+1;/p-1. The fourth-order valence-corrected chi connectivity index (χ4v) is 6.57. The van der Waals surface area contributed by atoms with E-state index < -0.39 is 10.1 Å². The number of aromatic nitrogens is 1. The maximum absolute atomic E-state index is 10.4. The number of rotatable bonds is 25. The van der Waals surface area contributed by atoms with Crippen LogP contribution >= 0.6 is 11.3 Å². The number of hydrogen-bond acceptors (Lipinski definition) is 7. The Morgan fingerprint density at radius 3 is 1.93 bits per heavy atom. The summed E-state index contributed by atoms with van der Waals surface area (Å²) in [5, 5.41) is 2.13. The highest BCUT2D eigenvalue weighted by Crippen LogP contribution is 2.20. The van der Waals surface area contributed by atoms with Crippen LogP contribution in [0.4, 0.5) is 0 Å². The molecule has 0 aliphatic carbocycles. The maximum atomic E-state index is 10.4. The van der Waals surface area contributed by atoms with Crippen LogP contribution in [0.2, 0.25) is 0 Å². The lowest BCUT2D eigenvalue weighted by molar-refractivity contribution is -0.692. The van der Waals surface area contributed by atoms with Crippen LogP contribution in [0.3, 0.4) is 0 Å². The van der Waals surface area contributed by atoms with Crippen molar-refractivity contribution < 1.29 is 31.7 Å². The molecule has 2 unspecified atom stereocenters. The topological polar surface area (TPSA) is 88.8 Å². The Hall–Kier alpha value is -1.36. The minimum Gasteiger partial charge on any atom is -0.744 e. The summed E-state index contributed by atoms with van der Waals surface area (Å²) in [5.41, 5.74) is 3.11. The van der Waals surface area contributed by atoms with Crippen molar-refractivity contribution in [1.82, 2.24) is 0 Å². The minimum atomic E-state index is -4.27. The molecule has 3 rings (SSSR count). The first-order chi connectivity index (χ1) is 21.9. The highest BCUT2D eigenvalue weighted by molar-refractivity contribution is 7.85. The van der Waals surface area contributed by atoms with Crippen LogP contribution in [0, 0.1) is 12.8 Å². The summed E-state index contributed by atoms with van der Waals surface area (Å²) in [7, 11) is -4.27. The molecule has 0 amide bonds. The normalized spacial score (nSPS) is 16.5. The van der Waals surface area contributed by atoms with Crippen molar-refractivity contribution in [3.05, 3.63) is 46.9 Å². The van der Waals surface area contributed by atoms with Gasteiger partial charge >= 0.3 is 0 Å². The monoisotopic (exact) mass is 667 g/mol. The summed E-state index contributed by atoms with van der Waals surface area (Å²) in [6.45, 7) is 9.48. The Bertz CT molecular complexity index is 1050. The van der Waals surface area contributed by atoms with Gasteiger partial charge in [0.05, 0.1) is 36.2 Å². The Balaban J connectivity index is 0.000000537. The van der Waals surface area contributed by atoms with E-state index in [0.29, 0.717) is 5.92 Å². The number of thiazole rings is 1. The van der Waals surface area contributed by atoms with Crippen molar-refractivity contribution >= 4 is 21.5 Å². The van der Waals surface area contributed by atoms with Crippen molar-refractivity contribution in [2.24, 2.45) is 5.92 Å². The zero-order valence-electron chi connectivity index (χ0n) is 28.2. The lowest BCUT2D eigenvalue weighted by Gasteiger charge is -2.11. The fraction of sp³-hybridized carbons (Fsp3) is 0.750. The summed E-state index contributed by atoms with van der Waals surface area (Å²) in [5.74, 6) is 0.556. The van der Waals surface area contributed by atoms with Crippen molar-refractivity contribution in [1.29, 1.82) is 0 Å². The van der Waals surface area contributed by atoms with E-state index >= 15 is 0 Å². The molecule has 45 heavy (non-hydrogen) atoms. The van der Waals surface area contributed by atoms with Crippen LogP contribution < -0.4 is 4.57 Å². The molecule has 0 radical (unpaired) electrons. The number of nitrogens with zero attached hydrogens (tertiary/aromatic N) is 1. The second-order valence-electron chi connectivity index (χ2n) is 12.5. The second kappa shape index (κ2) is 25.7. The predicted octanol–water partition coefficient (Wildman–Crippen LogP) is 8.63. The molecule has 258 valence electrons. The largest absolute Gasteiger partial charge is 0.744 e. The van der Waals surface area contributed by atoms with Gasteiger partial charge < -0.3 is 18.8 Å². The van der Waals surface area contributed by atoms with Crippen LogP contribution in [0.25, 0.3) is 0 Å². The molecule has 1 saturated heterocycles. The molecule has 0 saturated carbocycles. The lowest BCUT2D eigenvalue weighted by atomic mass is 10.1. The van der Waals surface area contributed by atoms with Crippen LogP contribution in [0.1, 0.15) is 122 Å². The van der Waals surface area contributed by atoms with E-state index in [9.17, 15) is 13.0 Å². The van der Waals surface area contributed by atoms with Gasteiger partial charge in [-0.1, -0.05) is 113 Å². The van der Waals surface area contributed by atoms with E-state index in [2.05, 4.69) is 28.6 Å². The van der Waals surface area contributed by atoms with Gasteiger partial charge in [0.1, 0.15) is 16.7 Å². The number of benzene rings is 1. The molecular formula is C36H61NO6S2. The van der Waals surface area contributed by atoms with E-state index in [1.165, 1.54) is 108 Å². The fourth-order valence-electron chi connectivity index (χ4n) is 5.47. The predicted molar refractivity (Wildman–Crippen MR) is 183 cm³/mol. The van der Waals surface area contributed by atoms with Gasteiger partial charge in [0.25, 0.3) is 0 Å². The molecular weight excluding hydrogens is 607 g/mol. The molecule has 0 spiro atoms. The number of hydrogen-bond donors (Lipinski definition) is 0. The van der Waals surface area contributed by atoms with Gasteiger partial charge in [-0.05, 0) is 44.7 Å². The van der Waals surface area contributed by atoms with E-state index in [4.69, 9.17) is 14.2 Å². The Kier molecular flexibility index (Phi) is 22.7. The molecule has 0 N–H and O–H groups in total. The maximum Gasteiger partial charge on any atom is 0.224 e. The quantitative estimate of drug-likeness (QED) is 0.0598. The third-order valence-corrected chi connectivity index (χ3v) is 9.78. The zero-order valence-corrected chi connectivity index (χ0v) is 29.8. The Morgan fingerprint density at radius 1 is 0.822 bits per heavy atom. The highest BCUT2D eigenvalue weighted by atomic mass is 32.2. The molecule has 2 aromatic rings. The van der Waals surface area contributed by atoms with Gasteiger partial charge in [0.15, 0.2) is 6.20 Å². The van der Waals surface area contributed by atoms with Gasteiger partial charge in [-0.2, -0.15) is 4.57 Å². The summed E-state index contributed by atoms with van der Waals surface area (Å²) >= 11 is 1.76. The SMILES string of the molecule is CCCCCCCCCCCCCCOCC1COC(COCCCCCC[n+]2ccsc2)C1.Cc1ccc(S(=O)(=O)[O-])cc1. The van der Waals surface area contributed by atoms with Gasteiger partial charge in [0.2, 0.25) is 5.51 Å². The van der Waals surface area contributed by atoms with Crippen LogP contribution in [0.5, 0.6) is 0 Å². The third kappa shape index (κ3) is 21.2. The van der Waals surface area contributed by atoms with Crippen molar-refractivity contribution in [3.63, 3.8) is 0 Å². The zero-order chi connectivity index (χ0) is 32.4. The smallest absolute Gasteiger partial charge is 0.224 e. The first-order valence-corrected chi connectivity index (χ1v) is 19.9. The summed E-state index contributed by atoms with van der Waals surface area (Å²) in [4.78, 5) is -0.178. The molecule has 1 aliphatic heterocycles. The van der Waals surface area contributed by atoms with Crippen molar-refractivity contribution in [2.45, 2.75) is 141 Å². The molecule has 0 bridgehead atoms. The Labute approximate surface area is 278 Å². The first kappa shape index (κ1) is 39.8. The van der Waals surface area contributed by atoms with Gasteiger partial charge in [-0.25, -0.2) is 8.42 Å². The minimum absolute atomic E-state index is 0.178. The van der Waals surface area contributed by atoms with Gasteiger partial charge in [-0.15, -0.1) is 0 Å². The lowest BCUT2D eigenvalue weighted by Crippen LogP contribution is -2.29. The molecule has 2 atom stereocenters. The molecule has 1 aromatic carbocycles. The van der Waals surface area contributed by atoms with Crippen molar-refractivity contribution in [2.75, 3.05) is 33.0 Å². The average Bonchev–Trinajstić information content (AvgIpc) is 3.71. The van der Waals surface area contributed by atoms with Crippen LogP contribution in [-0.2, 0) is 30.9 Å². The first-order valence-electron chi connectivity index (χ1n) is 17.6. The van der Waals surface area contributed by atoms with Gasteiger partial charge in [0, 0.05) is 25.6 Å². The van der Waals surface area contributed by atoms with E-state index in [1.54, 1.807) is 23.5 Å².